The van der Waals surface area contributed by atoms with E-state index in [1.165, 1.54) is 22.2 Å². The summed E-state index contributed by atoms with van der Waals surface area (Å²) in [5.74, 6) is 0. The number of hydrogen-bond donors (Lipinski definition) is 2. The van der Waals surface area contributed by atoms with Crippen LogP contribution in [0.25, 0.3) is 16.5 Å². The van der Waals surface area contributed by atoms with Gasteiger partial charge in [0.2, 0.25) is 10.0 Å². The molecule has 0 saturated carbocycles. The maximum atomic E-state index is 12.6. The van der Waals surface area contributed by atoms with Crippen LogP contribution in [0.3, 0.4) is 0 Å². The third kappa shape index (κ3) is 5.57. The molecule has 2 N–H and O–H groups in total. The molecule has 4 rings (SSSR count). The predicted molar refractivity (Wildman–Crippen MR) is 142 cm³/mol. The first-order valence-electron chi connectivity index (χ1n) is 11.8. The topological polar surface area (TPSA) is 65.2 Å². The van der Waals surface area contributed by atoms with Crippen molar-refractivity contribution in [3.63, 3.8) is 0 Å². The fourth-order valence-electron chi connectivity index (χ4n) is 4.58. The minimum absolute atomic E-state index is 0.00157. The van der Waals surface area contributed by atoms with Crippen molar-refractivity contribution in [2.24, 2.45) is 0 Å². The molecular formula is C27H34ClN3O2S. The predicted octanol–water partition coefficient (Wildman–Crippen LogP) is 5.88. The smallest absolute Gasteiger partial charge is 0.240 e. The number of halogens is 1. The van der Waals surface area contributed by atoms with Gasteiger partial charge >= 0.3 is 0 Å². The van der Waals surface area contributed by atoms with Crippen molar-refractivity contribution in [2.75, 3.05) is 26.2 Å². The Morgan fingerprint density at radius 3 is 2.50 bits per heavy atom. The lowest BCUT2D eigenvalue weighted by Crippen LogP contribution is -2.32. The Kier molecular flexibility index (Phi) is 7.25. The van der Waals surface area contributed by atoms with E-state index in [2.05, 4.69) is 48.4 Å². The zero-order valence-corrected chi connectivity index (χ0v) is 22.0. The second-order valence-corrected chi connectivity index (χ2v) is 12.3. The molecule has 0 saturated heterocycles. The standard InChI is InChI=1S/C27H34ClN3O2S/c1-19-26(24-18-22(28)8-11-25(24)30-19)20-12-16-31(17-13-20)15-5-14-29-34(32,33)23-9-6-21(7-10-23)27(2,3)4/h6-12,18,29-30H,5,13-17H2,1-4H3. The fraction of sp³-hybridized carbons (Fsp3) is 0.407. The average Bonchev–Trinajstić information content (AvgIpc) is 3.11. The highest BCUT2D eigenvalue weighted by atomic mass is 35.5. The molecule has 0 fully saturated rings. The second-order valence-electron chi connectivity index (χ2n) is 10.1. The summed E-state index contributed by atoms with van der Waals surface area (Å²) in [5.41, 5.74) is 6.01. The first-order chi connectivity index (χ1) is 16.0. The molecule has 5 nitrogen and oxygen atoms in total. The summed E-state index contributed by atoms with van der Waals surface area (Å²) in [7, 11) is -3.49. The Labute approximate surface area is 208 Å². The Bertz CT molecular complexity index is 1300. The van der Waals surface area contributed by atoms with Crippen LogP contribution in [0.1, 0.15) is 50.4 Å². The molecule has 0 amide bonds. The molecule has 3 aromatic rings. The van der Waals surface area contributed by atoms with Gasteiger partial charge in [0.25, 0.3) is 0 Å². The molecule has 182 valence electrons. The molecule has 0 spiro atoms. The highest BCUT2D eigenvalue weighted by Gasteiger charge is 2.19. The molecule has 1 aromatic heterocycles. The summed E-state index contributed by atoms with van der Waals surface area (Å²) in [4.78, 5) is 6.15. The first kappa shape index (κ1) is 25.0. The summed E-state index contributed by atoms with van der Waals surface area (Å²) >= 11 is 6.24. The van der Waals surface area contributed by atoms with Crippen molar-refractivity contribution in [3.8, 4) is 0 Å². The number of rotatable bonds is 7. The third-order valence-electron chi connectivity index (χ3n) is 6.54. The third-order valence-corrected chi connectivity index (χ3v) is 8.25. The van der Waals surface area contributed by atoms with Crippen LogP contribution in [-0.2, 0) is 15.4 Å². The number of nitrogens with zero attached hydrogens (tertiary/aromatic N) is 1. The first-order valence-corrected chi connectivity index (χ1v) is 13.7. The minimum Gasteiger partial charge on any atom is -0.358 e. The van der Waals surface area contributed by atoms with E-state index in [9.17, 15) is 8.42 Å². The lowest BCUT2D eigenvalue weighted by atomic mass is 9.87. The highest BCUT2D eigenvalue weighted by Crippen LogP contribution is 2.33. The van der Waals surface area contributed by atoms with Gasteiger partial charge in [0.05, 0.1) is 4.90 Å². The van der Waals surface area contributed by atoms with Gasteiger partial charge in [-0.3, -0.25) is 4.90 Å². The molecule has 0 radical (unpaired) electrons. The van der Waals surface area contributed by atoms with Crippen molar-refractivity contribution in [1.29, 1.82) is 0 Å². The molecule has 1 aliphatic rings. The number of aromatic amines is 1. The summed E-state index contributed by atoms with van der Waals surface area (Å²) < 4.78 is 28.0. The van der Waals surface area contributed by atoms with Gasteiger partial charge in [0, 0.05) is 46.8 Å². The van der Waals surface area contributed by atoms with E-state index < -0.39 is 10.0 Å². The van der Waals surface area contributed by atoms with Crippen LogP contribution < -0.4 is 4.72 Å². The van der Waals surface area contributed by atoms with Gasteiger partial charge in [0.15, 0.2) is 0 Å². The van der Waals surface area contributed by atoms with Crippen molar-refractivity contribution < 1.29 is 8.42 Å². The minimum atomic E-state index is -3.49. The Morgan fingerprint density at radius 1 is 1.12 bits per heavy atom. The summed E-state index contributed by atoms with van der Waals surface area (Å²) in [5, 5.41) is 1.92. The van der Waals surface area contributed by atoms with Crippen LogP contribution in [-0.4, -0.2) is 44.5 Å². The molecule has 2 heterocycles. The van der Waals surface area contributed by atoms with Gasteiger partial charge < -0.3 is 4.98 Å². The summed E-state index contributed by atoms with van der Waals surface area (Å²) in [6, 6.07) is 13.2. The monoisotopic (exact) mass is 499 g/mol. The zero-order valence-electron chi connectivity index (χ0n) is 20.4. The van der Waals surface area contributed by atoms with Crippen molar-refractivity contribution in [1.82, 2.24) is 14.6 Å². The maximum Gasteiger partial charge on any atom is 0.240 e. The molecule has 0 bridgehead atoms. The van der Waals surface area contributed by atoms with Gasteiger partial charge in [-0.05, 0) is 73.2 Å². The van der Waals surface area contributed by atoms with Crippen LogP contribution >= 0.6 is 11.6 Å². The summed E-state index contributed by atoms with van der Waals surface area (Å²) in [6.45, 7) is 11.6. The van der Waals surface area contributed by atoms with Gasteiger partial charge in [-0.2, -0.15) is 0 Å². The number of aromatic nitrogens is 1. The number of H-pyrrole nitrogens is 1. The lowest BCUT2D eigenvalue weighted by molar-refractivity contribution is 0.298. The van der Waals surface area contributed by atoms with Crippen molar-refractivity contribution >= 4 is 38.1 Å². The van der Waals surface area contributed by atoms with Gasteiger partial charge in [0.1, 0.15) is 0 Å². The van der Waals surface area contributed by atoms with Crippen LogP contribution in [0, 0.1) is 6.92 Å². The van der Waals surface area contributed by atoms with Crippen LogP contribution in [0.15, 0.2) is 53.4 Å². The number of hydrogen-bond acceptors (Lipinski definition) is 3. The Hall–Kier alpha value is -2.12. The van der Waals surface area contributed by atoms with Crippen LogP contribution in [0.4, 0.5) is 0 Å². The fourth-order valence-corrected chi connectivity index (χ4v) is 5.83. The van der Waals surface area contributed by atoms with E-state index in [0.29, 0.717) is 11.4 Å². The number of aryl methyl sites for hydroxylation is 1. The normalized spacial score (nSPS) is 15.6. The molecule has 0 atom stereocenters. The molecule has 1 aliphatic heterocycles. The second kappa shape index (κ2) is 9.86. The van der Waals surface area contributed by atoms with E-state index in [-0.39, 0.29) is 5.41 Å². The van der Waals surface area contributed by atoms with Gasteiger partial charge in [-0.1, -0.05) is 50.6 Å². The van der Waals surface area contributed by atoms with Crippen molar-refractivity contribution in [3.05, 3.63) is 70.4 Å². The number of fused-ring (bicyclic) bond motifs is 1. The molecule has 34 heavy (non-hydrogen) atoms. The molecule has 2 aromatic carbocycles. The van der Waals surface area contributed by atoms with E-state index in [0.717, 1.165) is 48.6 Å². The SMILES string of the molecule is Cc1[nH]c2ccc(Cl)cc2c1C1=CCN(CCCNS(=O)(=O)c2ccc(C(C)(C)C)cc2)CC1. The molecule has 0 aliphatic carbocycles. The quantitative estimate of drug-likeness (QED) is 0.398. The van der Waals surface area contributed by atoms with Crippen LogP contribution in [0.2, 0.25) is 5.02 Å². The number of sulfonamides is 1. The van der Waals surface area contributed by atoms with Crippen LogP contribution in [0.5, 0.6) is 0 Å². The van der Waals surface area contributed by atoms with Crippen molar-refractivity contribution in [2.45, 2.75) is 50.8 Å². The van der Waals surface area contributed by atoms with E-state index >= 15 is 0 Å². The zero-order chi connectivity index (χ0) is 24.5. The van der Waals surface area contributed by atoms with E-state index in [4.69, 9.17) is 11.6 Å². The average molecular weight is 500 g/mol. The largest absolute Gasteiger partial charge is 0.358 e. The molecule has 0 unspecified atom stereocenters. The van der Waals surface area contributed by atoms with E-state index in [1.807, 2.05) is 30.3 Å². The highest BCUT2D eigenvalue weighted by molar-refractivity contribution is 7.89. The lowest BCUT2D eigenvalue weighted by Gasteiger charge is -2.26. The number of benzene rings is 2. The Balaban J connectivity index is 1.30. The van der Waals surface area contributed by atoms with Gasteiger partial charge in [-0.25, -0.2) is 13.1 Å². The molecule has 7 heteroatoms. The van der Waals surface area contributed by atoms with Gasteiger partial charge in [-0.15, -0.1) is 0 Å². The maximum absolute atomic E-state index is 12.6. The Morgan fingerprint density at radius 2 is 1.85 bits per heavy atom. The number of nitrogens with one attached hydrogen (secondary N) is 2. The molecular weight excluding hydrogens is 466 g/mol. The summed E-state index contributed by atoms with van der Waals surface area (Å²) in [6.07, 6.45) is 4.03. The van der Waals surface area contributed by atoms with E-state index in [1.54, 1.807) is 12.1 Å².